The van der Waals surface area contributed by atoms with Crippen LogP contribution in [-0.2, 0) is 0 Å². The zero-order valence-corrected chi connectivity index (χ0v) is 18.5. The summed E-state index contributed by atoms with van der Waals surface area (Å²) in [5.74, 6) is 8.26. The van der Waals surface area contributed by atoms with Crippen LogP contribution >= 0.6 is 0 Å². The predicted octanol–water partition coefficient (Wildman–Crippen LogP) is 7.94. The lowest BCUT2D eigenvalue weighted by Gasteiger charge is -2.42. The van der Waals surface area contributed by atoms with Gasteiger partial charge in [0.25, 0.3) is 0 Å². The highest BCUT2D eigenvalue weighted by atomic mass is 19.1. The number of hydrogen-bond acceptors (Lipinski definition) is 0. The van der Waals surface area contributed by atoms with Crippen molar-refractivity contribution in [3.63, 3.8) is 0 Å². The van der Waals surface area contributed by atoms with Crippen LogP contribution in [0, 0.1) is 48.2 Å². The Kier molecular flexibility index (Phi) is 6.91. The van der Waals surface area contributed by atoms with Crippen molar-refractivity contribution in [2.75, 3.05) is 0 Å². The van der Waals surface area contributed by atoms with Crippen LogP contribution in [0.4, 0.5) is 8.78 Å². The maximum absolute atomic E-state index is 15.0. The Hall–Kier alpha value is -2.40. The smallest absolute Gasteiger partial charge is 0.127 e. The molecule has 0 saturated heterocycles. The molecule has 2 aliphatic carbocycles. The molecule has 2 saturated carbocycles. The largest absolute Gasteiger partial charge is 0.207 e. The Morgan fingerprint density at radius 2 is 1.58 bits per heavy atom. The lowest BCUT2D eigenvalue weighted by molar-refractivity contribution is 0.114. The van der Waals surface area contributed by atoms with Crippen molar-refractivity contribution in [2.24, 2.45) is 17.8 Å². The Balaban J connectivity index is 1.41. The quantitative estimate of drug-likeness (QED) is 0.349. The summed E-state index contributed by atoms with van der Waals surface area (Å²) in [7, 11) is 0. The molecule has 0 bridgehead atoms. The molecule has 0 heterocycles. The van der Waals surface area contributed by atoms with Gasteiger partial charge >= 0.3 is 0 Å². The third kappa shape index (κ3) is 5.27. The molecule has 4 unspecified atom stereocenters. The van der Waals surface area contributed by atoms with Crippen LogP contribution in [0.1, 0.15) is 79.5 Å². The molecule has 0 aromatic heterocycles. The number of hydrogen-bond donors (Lipinski definition) is 0. The van der Waals surface area contributed by atoms with Crippen molar-refractivity contribution in [1.82, 2.24) is 0 Å². The number of benzene rings is 2. The molecule has 162 valence electrons. The summed E-state index contributed by atoms with van der Waals surface area (Å²) in [6, 6.07) is 10.3. The molecule has 0 spiro atoms. The predicted molar refractivity (Wildman–Crippen MR) is 124 cm³/mol. The first-order valence-corrected chi connectivity index (χ1v) is 11.7. The van der Waals surface area contributed by atoms with Crippen LogP contribution in [0.15, 0.2) is 49.1 Å². The first-order chi connectivity index (χ1) is 15.0. The van der Waals surface area contributed by atoms with Gasteiger partial charge in [-0.3, -0.25) is 0 Å². The van der Waals surface area contributed by atoms with Crippen LogP contribution in [0.2, 0.25) is 0 Å². The second-order valence-corrected chi connectivity index (χ2v) is 9.53. The summed E-state index contributed by atoms with van der Waals surface area (Å²) >= 11 is 0. The highest BCUT2D eigenvalue weighted by Crippen LogP contribution is 2.48. The van der Waals surface area contributed by atoms with E-state index in [4.69, 9.17) is 0 Å². The molecule has 0 amide bonds. The monoisotopic (exact) mass is 418 g/mol. The fourth-order valence-corrected chi connectivity index (χ4v) is 5.64. The van der Waals surface area contributed by atoms with Crippen molar-refractivity contribution in [3.05, 3.63) is 82.9 Å². The zero-order valence-electron chi connectivity index (χ0n) is 18.5. The van der Waals surface area contributed by atoms with Gasteiger partial charge in [-0.25, -0.2) is 8.78 Å². The molecule has 4 rings (SSSR count). The minimum atomic E-state index is -0.265. The van der Waals surface area contributed by atoms with Gasteiger partial charge in [-0.15, -0.1) is 6.58 Å². The first-order valence-electron chi connectivity index (χ1n) is 11.7. The van der Waals surface area contributed by atoms with Crippen molar-refractivity contribution in [2.45, 2.75) is 64.2 Å². The Morgan fingerprint density at radius 1 is 0.903 bits per heavy atom. The fraction of sp³-hybridized carbons (Fsp3) is 0.448. The van der Waals surface area contributed by atoms with E-state index in [9.17, 15) is 8.78 Å². The summed E-state index contributed by atoms with van der Waals surface area (Å²) in [4.78, 5) is 0. The fourth-order valence-electron chi connectivity index (χ4n) is 5.64. The van der Waals surface area contributed by atoms with E-state index in [-0.39, 0.29) is 11.6 Å². The molecular weight excluding hydrogens is 386 g/mol. The van der Waals surface area contributed by atoms with E-state index in [0.29, 0.717) is 22.6 Å². The number of fused-ring (bicyclic) bond motifs is 1. The maximum Gasteiger partial charge on any atom is 0.127 e. The number of rotatable bonds is 4. The Labute approximate surface area is 185 Å². The average molecular weight is 419 g/mol. The molecule has 2 aromatic rings. The van der Waals surface area contributed by atoms with E-state index in [2.05, 4.69) is 18.4 Å². The zero-order chi connectivity index (χ0) is 21.8. The third-order valence-corrected chi connectivity index (χ3v) is 7.46. The number of aryl methyl sites for hydroxylation is 1. The van der Waals surface area contributed by atoms with E-state index >= 15 is 0 Å². The average Bonchev–Trinajstić information content (AvgIpc) is 2.78. The first kappa shape index (κ1) is 21.8. The highest BCUT2D eigenvalue weighted by molar-refractivity contribution is 5.45. The molecule has 0 N–H and O–H groups in total. The normalized spacial score (nSPS) is 25.3. The van der Waals surface area contributed by atoms with E-state index in [0.717, 1.165) is 42.6 Å². The van der Waals surface area contributed by atoms with E-state index < -0.39 is 0 Å². The van der Waals surface area contributed by atoms with Crippen molar-refractivity contribution >= 4 is 0 Å². The summed E-state index contributed by atoms with van der Waals surface area (Å²) in [6.07, 6.45) is 11.8. The van der Waals surface area contributed by atoms with Gasteiger partial charge in [-0.05, 0) is 111 Å². The summed E-state index contributed by atoms with van der Waals surface area (Å²) in [5.41, 5.74) is 2.69. The van der Waals surface area contributed by atoms with Gasteiger partial charge in [-0.1, -0.05) is 36.5 Å². The van der Waals surface area contributed by atoms with Gasteiger partial charge < -0.3 is 0 Å². The van der Waals surface area contributed by atoms with Crippen LogP contribution in [0.25, 0.3) is 0 Å². The standard InChI is InChI=1S/C29H32F2/c1-3-4-5-21-10-12-25-19-26(14-13-24(25)16-21)27-15-11-23(18-29(27)31)9-8-22-7-6-20(2)28(30)17-22/h3,6-7,11,15,17-18,21,24-26H,1,4-5,10,12-14,16,19H2,2H3. The molecule has 31 heavy (non-hydrogen) atoms. The second kappa shape index (κ2) is 9.82. The van der Waals surface area contributed by atoms with Crippen LogP contribution in [0.5, 0.6) is 0 Å². The van der Waals surface area contributed by atoms with Crippen molar-refractivity contribution in [3.8, 4) is 11.8 Å². The number of allylic oxidation sites excluding steroid dienone is 1. The van der Waals surface area contributed by atoms with Gasteiger partial charge in [0.15, 0.2) is 0 Å². The van der Waals surface area contributed by atoms with Crippen molar-refractivity contribution < 1.29 is 8.78 Å². The molecular formula is C29H32F2. The molecule has 2 aromatic carbocycles. The number of halogens is 2. The molecule has 2 heteroatoms. The lowest BCUT2D eigenvalue weighted by atomic mass is 9.63. The third-order valence-electron chi connectivity index (χ3n) is 7.46. The van der Waals surface area contributed by atoms with Gasteiger partial charge in [0, 0.05) is 11.1 Å². The molecule has 2 aliphatic rings. The minimum Gasteiger partial charge on any atom is -0.207 e. The van der Waals surface area contributed by atoms with Crippen LogP contribution in [-0.4, -0.2) is 0 Å². The van der Waals surface area contributed by atoms with Gasteiger partial charge in [-0.2, -0.15) is 0 Å². The lowest BCUT2D eigenvalue weighted by Crippen LogP contribution is -2.30. The molecule has 0 aliphatic heterocycles. The Morgan fingerprint density at radius 3 is 2.29 bits per heavy atom. The van der Waals surface area contributed by atoms with E-state index in [1.807, 2.05) is 18.2 Å². The molecule has 2 fully saturated rings. The SMILES string of the molecule is C=CCCC1CCC2CC(c3ccc(C#Cc4ccc(C)c(F)c4)cc3F)CCC2C1. The molecule has 0 nitrogen and oxygen atoms in total. The molecule has 0 radical (unpaired) electrons. The van der Waals surface area contributed by atoms with E-state index in [1.54, 1.807) is 25.1 Å². The summed E-state index contributed by atoms with van der Waals surface area (Å²) < 4.78 is 28.7. The maximum atomic E-state index is 15.0. The summed E-state index contributed by atoms with van der Waals surface area (Å²) in [5, 5.41) is 0. The van der Waals surface area contributed by atoms with Crippen LogP contribution in [0.3, 0.4) is 0 Å². The van der Waals surface area contributed by atoms with Gasteiger partial charge in [0.1, 0.15) is 11.6 Å². The molecule has 4 atom stereocenters. The topological polar surface area (TPSA) is 0 Å². The van der Waals surface area contributed by atoms with Gasteiger partial charge in [0.05, 0.1) is 0 Å². The second-order valence-electron chi connectivity index (χ2n) is 9.53. The van der Waals surface area contributed by atoms with Gasteiger partial charge in [0.2, 0.25) is 0 Å². The van der Waals surface area contributed by atoms with Crippen LogP contribution < -0.4 is 0 Å². The summed E-state index contributed by atoms with van der Waals surface area (Å²) in [6.45, 7) is 5.58. The van der Waals surface area contributed by atoms with E-state index in [1.165, 1.54) is 38.2 Å². The Bertz CT molecular complexity index is 994. The highest BCUT2D eigenvalue weighted by Gasteiger charge is 2.36. The van der Waals surface area contributed by atoms with Crippen molar-refractivity contribution in [1.29, 1.82) is 0 Å². The minimum absolute atomic E-state index is 0.148.